The van der Waals surface area contributed by atoms with Gasteiger partial charge in [0.25, 0.3) is 0 Å². The fourth-order valence-corrected chi connectivity index (χ4v) is 2.03. The lowest BCUT2D eigenvalue weighted by Gasteiger charge is -2.13. The van der Waals surface area contributed by atoms with E-state index in [1.54, 1.807) is 0 Å². The number of anilines is 1. The van der Waals surface area contributed by atoms with Crippen molar-refractivity contribution in [2.45, 2.75) is 13.3 Å². The highest BCUT2D eigenvalue weighted by Crippen LogP contribution is 2.38. The van der Waals surface area contributed by atoms with Crippen LogP contribution in [0.4, 0.5) is 17.1 Å². The Morgan fingerprint density at radius 1 is 1.22 bits per heavy atom. The molecule has 2 rings (SSSR count). The van der Waals surface area contributed by atoms with Gasteiger partial charge in [-0.05, 0) is 12.0 Å². The topological polar surface area (TPSA) is 107 Å². The van der Waals surface area contributed by atoms with E-state index in [4.69, 9.17) is 0 Å². The number of carbonyl (C=O) groups excluding carboxylic acids is 1. The largest absolute Gasteiger partial charge is 0.348 e. The highest BCUT2D eigenvalue weighted by Gasteiger charge is 2.32. The number of carbonyl (C=O) groups is 1. The molecule has 1 aromatic rings. The van der Waals surface area contributed by atoms with Crippen LogP contribution in [0.2, 0.25) is 0 Å². The minimum atomic E-state index is -0.810. The van der Waals surface area contributed by atoms with Crippen molar-refractivity contribution in [3.63, 3.8) is 0 Å². The molecule has 0 fully saturated rings. The van der Waals surface area contributed by atoms with Gasteiger partial charge in [0.15, 0.2) is 0 Å². The molecule has 0 atom stereocenters. The molecule has 94 valence electrons. The summed E-state index contributed by atoms with van der Waals surface area (Å²) in [7, 11) is 0. The average molecular weight is 251 g/mol. The fraction of sp³-hybridized carbons (Fsp3) is 0.300. The number of nitro groups is 2. The normalized spacial score (nSPS) is 13.3. The van der Waals surface area contributed by atoms with Gasteiger partial charge in [-0.15, -0.1) is 0 Å². The molecule has 1 amide bonds. The van der Waals surface area contributed by atoms with E-state index in [1.165, 1.54) is 17.9 Å². The Hall–Kier alpha value is -2.51. The summed E-state index contributed by atoms with van der Waals surface area (Å²) in [5, 5.41) is 21.6. The van der Waals surface area contributed by atoms with Crippen LogP contribution in [0.1, 0.15) is 12.5 Å². The molecule has 1 heterocycles. The van der Waals surface area contributed by atoms with Crippen molar-refractivity contribution in [2.24, 2.45) is 0 Å². The Balaban J connectivity index is 2.62. The van der Waals surface area contributed by atoms with E-state index in [9.17, 15) is 25.0 Å². The second-order valence-electron chi connectivity index (χ2n) is 3.90. The van der Waals surface area contributed by atoms with Gasteiger partial charge >= 0.3 is 11.4 Å². The number of nitrogens with zero attached hydrogens (tertiary/aromatic N) is 3. The monoisotopic (exact) mass is 251 g/mol. The molecule has 1 aliphatic heterocycles. The molecule has 0 aromatic heterocycles. The van der Waals surface area contributed by atoms with Crippen LogP contribution in [-0.4, -0.2) is 22.3 Å². The van der Waals surface area contributed by atoms with Gasteiger partial charge in [0.1, 0.15) is 0 Å². The number of amides is 1. The Bertz CT molecular complexity index is 569. The van der Waals surface area contributed by atoms with E-state index in [0.717, 1.165) is 6.07 Å². The van der Waals surface area contributed by atoms with E-state index < -0.39 is 21.2 Å². The lowest BCUT2D eigenvalue weighted by molar-refractivity contribution is -0.422. The van der Waals surface area contributed by atoms with E-state index in [0.29, 0.717) is 24.2 Å². The number of hydrogen-bond donors (Lipinski definition) is 0. The summed E-state index contributed by atoms with van der Waals surface area (Å²) in [6.45, 7) is 1.74. The van der Waals surface area contributed by atoms with Gasteiger partial charge < -0.3 is 4.90 Å². The second-order valence-corrected chi connectivity index (χ2v) is 3.90. The average Bonchev–Trinajstić information content (AvgIpc) is 2.69. The quantitative estimate of drug-likeness (QED) is 0.583. The van der Waals surface area contributed by atoms with Crippen molar-refractivity contribution >= 4 is 23.0 Å². The van der Waals surface area contributed by atoms with E-state index in [1.807, 2.05) is 0 Å². The van der Waals surface area contributed by atoms with Crippen molar-refractivity contribution in [1.29, 1.82) is 0 Å². The Kier molecular flexibility index (Phi) is 2.70. The van der Waals surface area contributed by atoms with Crippen LogP contribution in [0, 0.1) is 20.2 Å². The molecule has 8 heteroatoms. The zero-order valence-corrected chi connectivity index (χ0v) is 9.45. The predicted octanol–water partition coefficient (Wildman–Crippen LogP) is 1.41. The van der Waals surface area contributed by atoms with Crippen LogP contribution in [0.15, 0.2) is 12.1 Å². The zero-order chi connectivity index (χ0) is 13.4. The third kappa shape index (κ3) is 1.77. The number of fused-ring (bicyclic) bond motifs is 1. The first-order valence-corrected chi connectivity index (χ1v) is 5.15. The van der Waals surface area contributed by atoms with Crippen LogP contribution in [-0.2, 0) is 11.2 Å². The molecular weight excluding hydrogens is 242 g/mol. The third-order valence-corrected chi connectivity index (χ3v) is 2.84. The summed E-state index contributed by atoms with van der Waals surface area (Å²) < 4.78 is 0. The van der Waals surface area contributed by atoms with Crippen LogP contribution >= 0.6 is 0 Å². The van der Waals surface area contributed by atoms with E-state index in [-0.39, 0.29) is 5.91 Å². The fourth-order valence-electron chi connectivity index (χ4n) is 2.03. The Morgan fingerprint density at radius 2 is 1.78 bits per heavy atom. The van der Waals surface area contributed by atoms with Crippen molar-refractivity contribution in [3.8, 4) is 0 Å². The molecule has 0 radical (unpaired) electrons. The van der Waals surface area contributed by atoms with E-state index >= 15 is 0 Å². The number of benzene rings is 1. The van der Waals surface area contributed by atoms with Crippen molar-refractivity contribution < 1.29 is 14.6 Å². The van der Waals surface area contributed by atoms with Gasteiger partial charge in [0.05, 0.1) is 15.5 Å². The standard InChI is InChI=1S/C10H9N3O5/c1-6(14)11-3-2-7-4-9(12(15)16)10(13(17)18)5-8(7)11/h4-5H,2-3H2,1H3. The van der Waals surface area contributed by atoms with Gasteiger partial charge in [-0.3, -0.25) is 25.0 Å². The van der Waals surface area contributed by atoms with Crippen LogP contribution in [0.3, 0.4) is 0 Å². The summed E-state index contributed by atoms with van der Waals surface area (Å²) in [5.74, 6) is -0.239. The predicted molar refractivity (Wildman–Crippen MR) is 61.5 cm³/mol. The first-order valence-electron chi connectivity index (χ1n) is 5.15. The molecule has 0 aliphatic carbocycles. The molecule has 0 bridgehead atoms. The summed E-state index contributed by atoms with van der Waals surface area (Å²) in [5.41, 5.74) is -0.154. The van der Waals surface area contributed by atoms with Crippen LogP contribution in [0.25, 0.3) is 0 Å². The number of rotatable bonds is 2. The molecule has 18 heavy (non-hydrogen) atoms. The molecule has 8 nitrogen and oxygen atoms in total. The van der Waals surface area contributed by atoms with Gasteiger partial charge in [-0.2, -0.15) is 0 Å². The Labute approximate surface area is 101 Å². The van der Waals surface area contributed by atoms with Crippen LogP contribution in [0.5, 0.6) is 0 Å². The first-order chi connectivity index (χ1) is 8.41. The highest BCUT2D eigenvalue weighted by atomic mass is 16.6. The summed E-state index contributed by atoms with van der Waals surface area (Å²) >= 11 is 0. The van der Waals surface area contributed by atoms with Crippen molar-refractivity contribution in [3.05, 3.63) is 37.9 Å². The van der Waals surface area contributed by atoms with Gasteiger partial charge in [-0.25, -0.2) is 0 Å². The van der Waals surface area contributed by atoms with Crippen LogP contribution < -0.4 is 4.90 Å². The summed E-state index contributed by atoms with van der Waals surface area (Å²) in [6, 6.07) is 2.28. The number of nitro benzene ring substituents is 2. The van der Waals surface area contributed by atoms with Crippen molar-refractivity contribution in [2.75, 3.05) is 11.4 Å². The minimum Gasteiger partial charge on any atom is -0.312 e. The zero-order valence-electron chi connectivity index (χ0n) is 9.45. The summed E-state index contributed by atoms with van der Waals surface area (Å²) in [4.78, 5) is 32.7. The third-order valence-electron chi connectivity index (χ3n) is 2.84. The lowest BCUT2D eigenvalue weighted by Crippen LogP contribution is -2.25. The molecule has 0 unspecified atom stereocenters. The maximum atomic E-state index is 11.3. The van der Waals surface area contributed by atoms with Gasteiger partial charge in [0, 0.05) is 25.6 Å². The molecule has 0 saturated carbocycles. The van der Waals surface area contributed by atoms with Gasteiger partial charge in [0.2, 0.25) is 5.91 Å². The molecular formula is C10H9N3O5. The maximum absolute atomic E-state index is 11.3. The summed E-state index contributed by atoms with van der Waals surface area (Å²) in [6.07, 6.45) is 0.466. The molecule has 0 spiro atoms. The number of hydrogen-bond acceptors (Lipinski definition) is 5. The SMILES string of the molecule is CC(=O)N1CCc2cc([N+](=O)[O-])c([N+](=O)[O-])cc21. The highest BCUT2D eigenvalue weighted by molar-refractivity contribution is 5.94. The van der Waals surface area contributed by atoms with Gasteiger partial charge in [-0.1, -0.05) is 0 Å². The molecule has 1 aliphatic rings. The minimum absolute atomic E-state index is 0.239. The Morgan fingerprint density at radius 3 is 2.28 bits per heavy atom. The van der Waals surface area contributed by atoms with E-state index in [2.05, 4.69) is 0 Å². The lowest BCUT2D eigenvalue weighted by atomic mass is 10.1. The maximum Gasteiger partial charge on any atom is 0.348 e. The molecule has 0 saturated heterocycles. The molecule has 1 aromatic carbocycles. The smallest absolute Gasteiger partial charge is 0.312 e. The molecule has 0 N–H and O–H groups in total. The second kappa shape index (κ2) is 4.06. The first kappa shape index (κ1) is 12.0. The van der Waals surface area contributed by atoms with Crippen molar-refractivity contribution in [1.82, 2.24) is 0 Å².